The molecule has 4 N–H and O–H groups in total. The Morgan fingerprint density at radius 3 is 1.91 bits per heavy atom. The summed E-state index contributed by atoms with van der Waals surface area (Å²) in [6.07, 6.45) is 5.33. The quantitative estimate of drug-likeness (QED) is 0.219. The number of carbonyl (C=O) groups excluding carboxylic acids is 1. The highest BCUT2D eigenvalue weighted by molar-refractivity contribution is 5.69. The Kier molecular flexibility index (Phi) is 13.5. The number of aliphatic hydroxyl groups excluding tert-OH is 4. The minimum absolute atomic E-state index is 0.175. The Morgan fingerprint density at radius 1 is 0.909 bits per heavy atom. The fourth-order valence-electron chi connectivity index (χ4n) is 2.14. The lowest BCUT2D eigenvalue weighted by Gasteiger charge is -2.21. The van der Waals surface area contributed by atoms with E-state index in [-0.39, 0.29) is 6.42 Å². The number of hydrogen-bond donors (Lipinski definition) is 4. The average molecular weight is 320 g/mol. The number of rotatable bonds is 14. The van der Waals surface area contributed by atoms with E-state index in [0.29, 0.717) is 6.42 Å². The standard InChI is InChI=1S/C16H32O6/c1-2-3-4-5-6-7-8-9-10-11-14(19)22-16(21)15(20)13(18)12-17/h13,15-18,20-21H,2-12H2,1H3/t13-,15-,16?/m0/s1. The van der Waals surface area contributed by atoms with Crippen molar-refractivity contribution < 1.29 is 30.0 Å². The highest BCUT2D eigenvalue weighted by Crippen LogP contribution is 2.11. The van der Waals surface area contributed by atoms with Crippen LogP contribution < -0.4 is 0 Å². The molecule has 0 fully saturated rings. The molecule has 1 unspecified atom stereocenters. The number of carbonyl (C=O) groups is 1. The van der Waals surface area contributed by atoms with Crippen LogP contribution in [0.1, 0.15) is 71.1 Å². The highest BCUT2D eigenvalue weighted by atomic mass is 16.6. The Balaban J connectivity index is 3.53. The van der Waals surface area contributed by atoms with Crippen molar-refractivity contribution in [1.82, 2.24) is 0 Å². The molecule has 0 bridgehead atoms. The molecule has 22 heavy (non-hydrogen) atoms. The zero-order valence-electron chi connectivity index (χ0n) is 13.6. The first-order chi connectivity index (χ1) is 10.5. The minimum atomic E-state index is -1.81. The van der Waals surface area contributed by atoms with Crippen LogP contribution in [0.4, 0.5) is 0 Å². The van der Waals surface area contributed by atoms with Crippen LogP contribution in [0.25, 0.3) is 0 Å². The molecule has 0 radical (unpaired) electrons. The lowest BCUT2D eigenvalue weighted by atomic mass is 10.1. The summed E-state index contributed by atoms with van der Waals surface area (Å²) in [6, 6.07) is 0. The van der Waals surface area contributed by atoms with E-state index in [0.717, 1.165) is 12.8 Å². The molecule has 6 nitrogen and oxygen atoms in total. The Labute approximate surface area is 133 Å². The fourth-order valence-corrected chi connectivity index (χ4v) is 2.14. The second-order valence-corrected chi connectivity index (χ2v) is 5.70. The first-order valence-corrected chi connectivity index (χ1v) is 8.37. The smallest absolute Gasteiger partial charge is 0.308 e. The lowest BCUT2D eigenvalue weighted by molar-refractivity contribution is -0.201. The van der Waals surface area contributed by atoms with Gasteiger partial charge in [0.1, 0.15) is 12.2 Å². The molecule has 3 atom stereocenters. The average Bonchev–Trinajstić information content (AvgIpc) is 2.51. The van der Waals surface area contributed by atoms with Gasteiger partial charge in [0.25, 0.3) is 0 Å². The van der Waals surface area contributed by atoms with Crippen molar-refractivity contribution in [1.29, 1.82) is 0 Å². The van der Waals surface area contributed by atoms with E-state index in [9.17, 15) is 15.0 Å². The molecule has 132 valence electrons. The molecule has 0 aromatic heterocycles. The van der Waals surface area contributed by atoms with Crippen molar-refractivity contribution in [2.75, 3.05) is 6.61 Å². The monoisotopic (exact) mass is 320 g/mol. The van der Waals surface area contributed by atoms with Crippen LogP contribution in [0.15, 0.2) is 0 Å². The number of esters is 1. The molecular formula is C16H32O6. The van der Waals surface area contributed by atoms with Gasteiger partial charge in [-0.15, -0.1) is 0 Å². The summed E-state index contributed by atoms with van der Waals surface area (Å²) in [5, 5.41) is 36.4. The van der Waals surface area contributed by atoms with Gasteiger partial charge in [-0.2, -0.15) is 0 Å². The highest BCUT2D eigenvalue weighted by Gasteiger charge is 2.26. The molecule has 0 heterocycles. The maximum Gasteiger partial charge on any atom is 0.308 e. The van der Waals surface area contributed by atoms with Crippen LogP contribution >= 0.6 is 0 Å². The molecule has 0 amide bonds. The Morgan fingerprint density at radius 2 is 1.41 bits per heavy atom. The van der Waals surface area contributed by atoms with Gasteiger partial charge in [0.2, 0.25) is 6.29 Å². The Hall–Kier alpha value is -0.690. The maximum atomic E-state index is 11.4. The van der Waals surface area contributed by atoms with Crippen LogP contribution in [0.3, 0.4) is 0 Å². The van der Waals surface area contributed by atoms with Crippen LogP contribution in [0, 0.1) is 0 Å². The minimum Gasteiger partial charge on any atom is -0.433 e. The summed E-state index contributed by atoms with van der Waals surface area (Å²) >= 11 is 0. The van der Waals surface area contributed by atoms with Gasteiger partial charge in [-0.05, 0) is 6.42 Å². The summed E-state index contributed by atoms with van der Waals surface area (Å²) < 4.78 is 4.60. The third kappa shape index (κ3) is 11.0. The second-order valence-electron chi connectivity index (χ2n) is 5.70. The number of unbranched alkanes of at least 4 members (excludes halogenated alkanes) is 8. The fraction of sp³-hybridized carbons (Fsp3) is 0.938. The van der Waals surface area contributed by atoms with Crippen molar-refractivity contribution in [3.05, 3.63) is 0 Å². The first kappa shape index (κ1) is 21.3. The molecule has 0 aliphatic rings. The van der Waals surface area contributed by atoms with E-state index in [2.05, 4.69) is 11.7 Å². The predicted molar refractivity (Wildman–Crippen MR) is 83.0 cm³/mol. The molecule has 0 saturated heterocycles. The molecule has 6 heteroatoms. The number of hydrogen-bond acceptors (Lipinski definition) is 6. The van der Waals surface area contributed by atoms with Crippen LogP contribution in [-0.2, 0) is 9.53 Å². The summed E-state index contributed by atoms with van der Waals surface area (Å²) in [6.45, 7) is 1.48. The van der Waals surface area contributed by atoms with Gasteiger partial charge < -0.3 is 25.2 Å². The molecule has 0 aliphatic heterocycles. The summed E-state index contributed by atoms with van der Waals surface area (Å²) in [5.41, 5.74) is 0. The predicted octanol–water partition coefficient (Wildman–Crippen LogP) is 1.48. The van der Waals surface area contributed by atoms with Gasteiger partial charge in [-0.1, -0.05) is 58.3 Å². The molecular weight excluding hydrogens is 288 g/mol. The van der Waals surface area contributed by atoms with E-state index in [1.165, 1.54) is 38.5 Å². The summed E-state index contributed by atoms with van der Waals surface area (Å²) in [5.74, 6) is -0.611. The van der Waals surface area contributed by atoms with Crippen molar-refractivity contribution in [2.24, 2.45) is 0 Å². The summed E-state index contributed by atoms with van der Waals surface area (Å²) in [4.78, 5) is 11.4. The number of aliphatic hydroxyl groups is 4. The first-order valence-electron chi connectivity index (χ1n) is 8.37. The van der Waals surface area contributed by atoms with Gasteiger partial charge in [0, 0.05) is 6.42 Å². The van der Waals surface area contributed by atoms with Crippen molar-refractivity contribution in [3.63, 3.8) is 0 Å². The zero-order chi connectivity index (χ0) is 16.8. The molecule has 0 spiro atoms. The Bertz CT molecular complexity index is 271. The van der Waals surface area contributed by atoms with Gasteiger partial charge in [0.15, 0.2) is 0 Å². The van der Waals surface area contributed by atoms with Gasteiger partial charge in [-0.25, -0.2) is 0 Å². The van der Waals surface area contributed by atoms with Crippen LogP contribution in [0.5, 0.6) is 0 Å². The van der Waals surface area contributed by atoms with E-state index < -0.39 is 31.1 Å². The second kappa shape index (κ2) is 13.9. The third-order valence-corrected chi connectivity index (χ3v) is 3.61. The SMILES string of the molecule is CCCCCCCCCCCC(=O)OC(O)[C@@H](O)[C@@H](O)CO. The van der Waals surface area contributed by atoms with E-state index in [4.69, 9.17) is 10.2 Å². The van der Waals surface area contributed by atoms with Gasteiger partial charge >= 0.3 is 5.97 Å². The maximum absolute atomic E-state index is 11.4. The van der Waals surface area contributed by atoms with Crippen molar-refractivity contribution in [3.8, 4) is 0 Å². The van der Waals surface area contributed by atoms with Crippen molar-refractivity contribution in [2.45, 2.75) is 89.6 Å². The lowest BCUT2D eigenvalue weighted by Crippen LogP contribution is -2.41. The van der Waals surface area contributed by atoms with Crippen molar-refractivity contribution >= 4 is 5.97 Å². The molecule has 0 aromatic carbocycles. The third-order valence-electron chi connectivity index (χ3n) is 3.61. The zero-order valence-corrected chi connectivity index (χ0v) is 13.6. The van der Waals surface area contributed by atoms with E-state index >= 15 is 0 Å². The number of ether oxygens (including phenoxy) is 1. The largest absolute Gasteiger partial charge is 0.433 e. The molecule has 0 saturated carbocycles. The van der Waals surface area contributed by atoms with Gasteiger partial charge in [-0.3, -0.25) is 4.79 Å². The van der Waals surface area contributed by atoms with E-state index in [1.54, 1.807) is 0 Å². The summed E-state index contributed by atoms with van der Waals surface area (Å²) in [7, 11) is 0. The van der Waals surface area contributed by atoms with Crippen LogP contribution in [0.2, 0.25) is 0 Å². The molecule has 0 aliphatic carbocycles. The normalized spacial score (nSPS) is 15.3. The van der Waals surface area contributed by atoms with E-state index in [1.807, 2.05) is 0 Å². The van der Waals surface area contributed by atoms with Crippen LogP contribution in [-0.4, -0.2) is 51.5 Å². The van der Waals surface area contributed by atoms with Gasteiger partial charge in [0.05, 0.1) is 6.61 Å². The molecule has 0 rings (SSSR count). The molecule has 0 aromatic rings. The topological polar surface area (TPSA) is 107 Å².